The van der Waals surface area contributed by atoms with E-state index in [4.69, 9.17) is 9.15 Å². The average Bonchev–Trinajstić information content (AvgIpc) is 3.29. The van der Waals surface area contributed by atoms with Crippen molar-refractivity contribution in [2.45, 2.75) is 18.6 Å². The molecule has 0 radical (unpaired) electrons. The van der Waals surface area contributed by atoms with Gasteiger partial charge in [0.1, 0.15) is 17.9 Å². The number of carbonyl (C=O) groups is 2. The normalized spacial score (nSPS) is 16.2. The van der Waals surface area contributed by atoms with E-state index in [2.05, 4.69) is 10.3 Å². The highest BCUT2D eigenvalue weighted by Gasteiger charge is 2.31. The standard InChI is InChI=1S/C21H21N3O4S/c1-2-24(20-22-16-5-3-4-6-17(16)28-20)11-12-27-15-9-7-14(8-10-15)13-18-19(25)23-21(26)29-18/h3-10,18H,2,11-13H2,1H3,(H,23,25,26). The molecule has 1 fully saturated rings. The van der Waals surface area contributed by atoms with Crippen LogP contribution in [0, 0.1) is 0 Å². The number of likely N-dealkylation sites (N-methyl/N-ethyl adjacent to an activating group) is 1. The van der Waals surface area contributed by atoms with Gasteiger partial charge in [0.15, 0.2) is 5.58 Å². The van der Waals surface area contributed by atoms with Gasteiger partial charge in [0, 0.05) is 6.54 Å². The predicted molar refractivity (Wildman–Crippen MR) is 112 cm³/mol. The van der Waals surface area contributed by atoms with E-state index < -0.39 is 0 Å². The Morgan fingerprint density at radius 1 is 1.17 bits per heavy atom. The Labute approximate surface area is 172 Å². The molecule has 0 bridgehead atoms. The Bertz CT molecular complexity index is 985. The fourth-order valence-electron chi connectivity index (χ4n) is 3.12. The number of fused-ring (bicyclic) bond motifs is 1. The number of aromatic nitrogens is 1. The smallest absolute Gasteiger partial charge is 0.298 e. The van der Waals surface area contributed by atoms with Gasteiger partial charge >= 0.3 is 0 Å². The number of para-hydroxylation sites is 2. The molecular formula is C21H21N3O4S. The third-order valence-electron chi connectivity index (χ3n) is 4.68. The number of rotatable bonds is 8. The number of hydrogen-bond donors (Lipinski definition) is 1. The van der Waals surface area contributed by atoms with E-state index in [-0.39, 0.29) is 16.4 Å². The maximum absolute atomic E-state index is 11.7. The molecule has 3 aromatic rings. The van der Waals surface area contributed by atoms with Gasteiger partial charge in [0.05, 0.1) is 11.8 Å². The lowest BCUT2D eigenvalue weighted by molar-refractivity contribution is -0.118. The van der Waals surface area contributed by atoms with Gasteiger partial charge in [-0.25, -0.2) is 0 Å². The van der Waals surface area contributed by atoms with Crippen LogP contribution < -0.4 is 15.0 Å². The van der Waals surface area contributed by atoms with Crippen molar-refractivity contribution in [2.24, 2.45) is 0 Å². The predicted octanol–water partition coefficient (Wildman–Crippen LogP) is 3.63. The van der Waals surface area contributed by atoms with Crippen molar-refractivity contribution in [2.75, 3.05) is 24.6 Å². The van der Waals surface area contributed by atoms with Crippen molar-refractivity contribution in [1.29, 1.82) is 0 Å². The minimum Gasteiger partial charge on any atom is -0.492 e. The maximum Gasteiger partial charge on any atom is 0.298 e. The fourth-order valence-corrected chi connectivity index (χ4v) is 3.98. The van der Waals surface area contributed by atoms with Crippen LogP contribution in [0.5, 0.6) is 5.75 Å². The van der Waals surface area contributed by atoms with Crippen molar-refractivity contribution in [3.05, 3.63) is 54.1 Å². The van der Waals surface area contributed by atoms with Gasteiger partial charge in [-0.1, -0.05) is 36.0 Å². The second-order valence-electron chi connectivity index (χ2n) is 6.62. The van der Waals surface area contributed by atoms with Gasteiger partial charge in [-0.05, 0) is 43.2 Å². The molecule has 2 heterocycles. The van der Waals surface area contributed by atoms with Gasteiger partial charge < -0.3 is 14.1 Å². The molecule has 1 N–H and O–H groups in total. The van der Waals surface area contributed by atoms with E-state index in [1.54, 1.807) is 0 Å². The van der Waals surface area contributed by atoms with Crippen molar-refractivity contribution in [1.82, 2.24) is 10.3 Å². The minimum atomic E-state index is -0.358. The van der Waals surface area contributed by atoms with Crippen LogP contribution in [0.1, 0.15) is 12.5 Å². The Hall–Kier alpha value is -3.00. The molecule has 150 valence electrons. The number of imide groups is 1. The Morgan fingerprint density at radius 3 is 2.66 bits per heavy atom. The summed E-state index contributed by atoms with van der Waals surface area (Å²) in [5.41, 5.74) is 2.60. The van der Waals surface area contributed by atoms with Crippen molar-refractivity contribution in [3.63, 3.8) is 0 Å². The first-order valence-corrected chi connectivity index (χ1v) is 10.3. The number of nitrogens with zero attached hydrogens (tertiary/aromatic N) is 2. The maximum atomic E-state index is 11.7. The van der Waals surface area contributed by atoms with Crippen molar-refractivity contribution in [3.8, 4) is 5.75 Å². The molecule has 1 aliphatic rings. The summed E-state index contributed by atoms with van der Waals surface area (Å²) in [5, 5.41) is 1.67. The molecule has 0 aliphatic carbocycles. The summed E-state index contributed by atoms with van der Waals surface area (Å²) in [6.07, 6.45) is 0.518. The van der Waals surface area contributed by atoms with Crippen LogP contribution in [0.15, 0.2) is 52.9 Å². The largest absolute Gasteiger partial charge is 0.492 e. The number of amides is 2. The second kappa shape index (κ2) is 8.57. The molecular weight excluding hydrogens is 390 g/mol. The summed E-state index contributed by atoms with van der Waals surface area (Å²) in [7, 11) is 0. The zero-order chi connectivity index (χ0) is 20.2. The quantitative estimate of drug-likeness (QED) is 0.606. The number of oxazole rings is 1. The van der Waals surface area contributed by atoms with Gasteiger partial charge in [-0.15, -0.1) is 0 Å². The fraction of sp³-hybridized carbons (Fsp3) is 0.286. The first kappa shape index (κ1) is 19.3. The summed E-state index contributed by atoms with van der Waals surface area (Å²) in [6.45, 7) is 3.94. The third kappa shape index (κ3) is 4.54. The van der Waals surface area contributed by atoms with Crippen LogP contribution in [-0.2, 0) is 11.2 Å². The first-order chi connectivity index (χ1) is 14.1. The van der Waals surface area contributed by atoms with Crippen LogP contribution >= 0.6 is 11.8 Å². The highest BCUT2D eigenvalue weighted by molar-refractivity contribution is 8.15. The van der Waals surface area contributed by atoms with Crippen molar-refractivity contribution >= 4 is 40.0 Å². The molecule has 7 nitrogen and oxygen atoms in total. The summed E-state index contributed by atoms with van der Waals surface area (Å²) < 4.78 is 11.7. The number of anilines is 1. The lowest BCUT2D eigenvalue weighted by atomic mass is 10.1. The van der Waals surface area contributed by atoms with E-state index in [1.165, 1.54) is 0 Å². The second-order valence-corrected chi connectivity index (χ2v) is 7.80. The molecule has 4 rings (SSSR count). The van der Waals surface area contributed by atoms with Crippen LogP contribution in [0.4, 0.5) is 10.8 Å². The van der Waals surface area contributed by atoms with Gasteiger partial charge in [0.2, 0.25) is 5.91 Å². The number of hydrogen-bond acceptors (Lipinski definition) is 7. The van der Waals surface area contributed by atoms with E-state index in [9.17, 15) is 9.59 Å². The summed E-state index contributed by atoms with van der Waals surface area (Å²) in [4.78, 5) is 29.5. The zero-order valence-electron chi connectivity index (χ0n) is 16.0. The van der Waals surface area contributed by atoms with Crippen LogP contribution in [0.3, 0.4) is 0 Å². The van der Waals surface area contributed by atoms with Crippen LogP contribution in [-0.4, -0.2) is 41.1 Å². The highest BCUT2D eigenvalue weighted by Crippen LogP contribution is 2.24. The summed E-state index contributed by atoms with van der Waals surface area (Å²) >= 11 is 1.04. The highest BCUT2D eigenvalue weighted by atomic mass is 32.2. The van der Waals surface area contributed by atoms with Gasteiger partial charge in [-0.3, -0.25) is 14.9 Å². The molecule has 0 spiro atoms. The monoisotopic (exact) mass is 411 g/mol. The topological polar surface area (TPSA) is 84.7 Å². The van der Waals surface area contributed by atoms with E-state index >= 15 is 0 Å². The van der Waals surface area contributed by atoms with E-state index in [0.29, 0.717) is 25.6 Å². The van der Waals surface area contributed by atoms with E-state index in [0.717, 1.165) is 40.7 Å². The SMILES string of the molecule is CCN(CCOc1ccc(CC2SC(=O)NC2=O)cc1)c1nc2ccccc2o1. The number of nitrogens with one attached hydrogen (secondary N) is 1. The van der Waals surface area contributed by atoms with Crippen LogP contribution in [0.2, 0.25) is 0 Å². The molecule has 1 atom stereocenters. The molecule has 1 aromatic heterocycles. The molecule has 2 amide bonds. The lowest BCUT2D eigenvalue weighted by Crippen LogP contribution is -2.28. The number of carbonyl (C=O) groups excluding carboxylic acids is 2. The molecule has 1 saturated heterocycles. The molecule has 2 aromatic carbocycles. The van der Waals surface area contributed by atoms with Gasteiger partial charge in [-0.2, -0.15) is 4.98 Å². The van der Waals surface area contributed by atoms with Gasteiger partial charge in [0.25, 0.3) is 11.3 Å². The number of ether oxygens (including phenoxy) is 1. The minimum absolute atomic E-state index is 0.223. The Balaban J connectivity index is 1.30. The third-order valence-corrected chi connectivity index (χ3v) is 5.66. The number of benzene rings is 2. The Morgan fingerprint density at radius 2 is 1.97 bits per heavy atom. The molecule has 1 unspecified atom stereocenters. The lowest BCUT2D eigenvalue weighted by Gasteiger charge is -2.18. The molecule has 1 aliphatic heterocycles. The average molecular weight is 411 g/mol. The Kier molecular flexibility index (Phi) is 5.71. The van der Waals surface area contributed by atoms with E-state index in [1.807, 2.05) is 60.4 Å². The molecule has 29 heavy (non-hydrogen) atoms. The first-order valence-electron chi connectivity index (χ1n) is 9.46. The summed E-state index contributed by atoms with van der Waals surface area (Å²) in [6, 6.07) is 15.9. The summed E-state index contributed by atoms with van der Waals surface area (Å²) in [5.74, 6) is 0.529. The van der Waals surface area contributed by atoms with Crippen molar-refractivity contribution < 1.29 is 18.7 Å². The zero-order valence-corrected chi connectivity index (χ0v) is 16.8. The number of thioether (sulfide) groups is 1. The van der Waals surface area contributed by atoms with Crippen LogP contribution in [0.25, 0.3) is 11.1 Å². The molecule has 8 heteroatoms. The molecule has 0 saturated carbocycles.